The molecule has 0 aromatic heterocycles. The molecule has 1 aromatic carbocycles. The quantitative estimate of drug-likeness (QED) is 0.626. The van der Waals surface area contributed by atoms with Gasteiger partial charge in [0.25, 0.3) is 5.91 Å². The van der Waals surface area contributed by atoms with Crippen molar-refractivity contribution in [2.75, 3.05) is 6.54 Å². The van der Waals surface area contributed by atoms with Gasteiger partial charge in [-0.25, -0.2) is 13.1 Å². The number of rotatable bonds is 7. The van der Waals surface area contributed by atoms with E-state index < -0.39 is 33.4 Å². The largest absolute Gasteiger partial charge is 0.481 e. The van der Waals surface area contributed by atoms with Crippen LogP contribution in [0.3, 0.4) is 0 Å². The lowest BCUT2D eigenvalue weighted by molar-refractivity contribution is -0.145. The molecule has 1 fully saturated rings. The number of benzene rings is 1. The highest BCUT2D eigenvalue weighted by Crippen LogP contribution is 2.34. The van der Waals surface area contributed by atoms with Crippen molar-refractivity contribution in [3.05, 3.63) is 42.5 Å². The molecule has 0 saturated heterocycles. The molecule has 1 amide bonds. The van der Waals surface area contributed by atoms with Gasteiger partial charge in [-0.05, 0) is 44.0 Å². The predicted octanol–water partition coefficient (Wildman–Crippen LogP) is 1.91. The van der Waals surface area contributed by atoms with Crippen LogP contribution in [0.2, 0.25) is 0 Å². The molecule has 2 unspecified atom stereocenters. The summed E-state index contributed by atoms with van der Waals surface area (Å²) in [5.41, 5.74) is -0.541. The van der Waals surface area contributed by atoms with Crippen LogP contribution < -0.4 is 10.0 Å². The smallest absolute Gasteiger partial charge is 0.308 e. The van der Waals surface area contributed by atoms with Crippen LogP contribution in [0.25, 0.3) is 0 Å². The Morgan fingerprint density at radius 2 is 1.96 bits per heavy atom. The van der Waals surface area contributed by atoms with E-state index in [0.29, 0.717) is 12.8 Å². The Balaban J connectivity index is 2.15. The summed E-state index contributed by atoms with van der Waals surface area (Å²) >= 11 is 0. The molecule has 7 nitrogen and oxygen atoms in total. The van der Waals surface area contributed by atoms with Crippen molar-refractivity contribution in [2.45, 2.75) is 43.0 Å². The van der Waals surface area contributed by atoms with E-state index in [-0.39, 0.29) is 17.0 Å². The molecule has 0 bridgehead atoms. The lowest BCUT2D eigenvalue weighted by atomic mass is 9.73. The Kier molecular flexibility index (Phi) is 6.20. The molecule has 1 aliphatic rings. The molecule has 3 N–H and O–H groups in total. The third-order valence-corrected chi connectivity index (χ3v) is 6.19. The maximum absolute atomic E-state index is 12.5. The van der Waals surface area contributed by atoms with Gasteiger partial charge in [0, 0.05) is 12.1 Å². The van der Waals surface area contributed by atoms with Crippen molar-refractivity contribution in [2.24, 2.45) is 5.92 Å². The molecule has 2 atom stereocenters. The van der Waals surface area contributed by atoms with Crippen molar-refractivity contribution in [1.82, 2.24) is 10.0 Å². The van der Waals surface area contributed by atoms with Gasteiger partial charge >= 0.3 is 5.97 Å². The van der Waals surface area contributed by atoms with Crippen LogP contribution in [0.4, 0.5) is 0 Å². The van der Waals surface area contributed by atoms with Gasteiger partial charge in [0.2, 0.25) is 10.0 Å². The number of sulfonamides is 1. The maximum atomic E-state index is 12.5. The zero-order chi connectivity index (χ0) is 19.4. The summed E-state index contributed by atoms with van der Waals surface area (Å²) in [6.07, 6.45) is 4.23. The minimum Gasteiger partial charge on any atom is -0.481 e. The molecule has 0 radical (unpaired) electrons. The van der Waals surface area contributed by atoms with Crippen LogP contribution in [-0.2, 0) is 14.8 Å². The minimum atomic E-state index is -3.65. The number of carbonyl (C=O) groups excluding carboxylic acids is 1. The second-order valence-electron chi connectivity index (χ2n) is 6.67. The molecule has 142 valence electrons. The van der Waals surface area contributed by atoms with E-state index in [0.717, 1.165) is 12.8 Å². The zero-order valence-electron chi connectivity index (χ0n) is 14.7. The van der Waals surface area contributed by atoms with E-state index in [4.69, 9.17) is 0 Å². The average Bonchev–Trinajstić information content (AvgIpc) is 2.60. The Morgan fingerprint density at radius 1 is 1.31 bits per heavy atom. The highest BCUT2D eigenvalue weighted by molar-refractivity contribution is 7.89. The second kappa shape index (κ2) is 8.01. The van der Waals surface area contributed by atoms with Gasteiger partial charge in [0.05, 0.1) is 16.4 Å². The predicted molar refractivity (Wildman–Crippen MR) is 97.3 cm³/mol. The molecular formula is C18H24N2O5S. The van der Waals surface area contributed by atoms with E-state index >= 15 is 0 Å². The molecule has 26 heavy (non-hydrogen) atoms. The number of hydrogen-bond donors (Lipinski definition) is 3. The first-order valence-corrected chi connectivity index (χ1v) is 9.94. The molecule has 0 heterocycles. The summed E-state index contributed by atoms with van der Waals surface area (Å²) in [7, 11) is -3.65. The van der Waals surface area contributed by atoms with E-state index in [1.54, 1.807) is 6.92 Å². The van der Waals surface area contributed by atoms with Gasteiger partial charge in [-0.2, -0.15) is 0 Å². The fourth-order valence-electron chi connectivity index (χ4n) is 3.25. The van der Waals surface area contributed by atoms with E-state index in [9.17, 15) is 23.1 Å². The van der Waals surface area contributed by atoms with Crippen molar-refractivity contribution < 1.29 is 23.1 Å². The molecule has 8 heteroatoms. The summed E-state index contributed by atoms with van der Waals surface area (Å²) in [6.45, 7) is 5.31. The maximum Gasteiger partial charge on any atom is 0.308 e. The SMILES string of the molecule is C=CCNS(=O)(=O)c1ccc(C(=O)NC2(C)CCCCC2C(=O)O)cc1. The first-order valence-electron chi connectivity index (χ1n) is 8.45. The fourth-order valence-corrected chi connectivity index (χ4v) is 4.25. The zero-order valence-corrected chi connectivity index (χ0v) is 15.5. The van der Waals surface area contributed by atoms with Crippen LogP contribution in [0.15, 0.2) is 41.8 Å². The summed E-state index contributed by atoms with van der Waals surface area (Å²) in [5.74, 6) is -1.96. The Hall–Kier alpha value is -2.19. The molecular weight excluding hydrogens is 356 g/mol. The van der Waals surface area contributed by atoms with Crippen LogP contribution in [0.1, 0.15) is 43.0 Å². The molecule has 1 saturated carbocycles. The standard InChI is InChI=1S/C18H24N2O5S/c1-3-12-19-26(24,25)14-9-7-13(8-10-14)16(21)20-18(2)11-5-4-6-15(18)17(22)23/h3,7-10,15,19H,1,4-6,11-12H2,2H3,(H,20,21)(H,22,23). The number of nitrogens with one attached hydrogen (secondary N) is 2. The van der Waals surface area contributed by atoms with Crippen molar-refractivity contribution in [1.29, 1.82) is 0 Å². The first kappa shape index (κ1) is 20.1. The van der Waals surface area contributed by atoms with Crippen LogP contribution in [0.5, 0.6) is 0 Å². The summed E-state index contributed by atoms with van der Waals surface area (Å²) < 4.78 is 26.4. The number of carbonyl (C=O) groups is 2. The van der Waals surface area contributed by atoms with Gasteiger partial charge in [-0.15, -0.1) is 6.58 Å². The van der Waals surface area contributed by atoms with Gasteiger partial charge in [0.15, 0.2) is 0 Å². The minimum absolute atomic E-state index is 0.0446. The van der Waals surface area contributed by atoms with Gasteiger partial charge in [-0.1, -0.05) is 18.9 Å². The number of amides is 1. The van der Waals surface area contributed by atoms with E-state index in [1.807, 2.05) is 0 Å². The summed E-state index contributed by atoms with van der Waals surface area (Å²) in [4.78, 5) is 24.1. The Bertz CT molecular complexity index is 788. The third-order valence-electron chi connectivity index (χ3n) is 4.75. The fraction of sp³-hybridized carbons (Fsp3) is 0.444. The topological polar surface area (TPSA) is 113 Å². The van der Waals surface area contributed by atoms with Crippen molar-refractivity contribution in [3.63, 3.8) is 0 Å². The highest BCUT2D eigenvalue weighted by atomic mass is 32.2. The lowest BCUT2D eigenvalue weighted by Gasteiger charge is -2.39. The van der Waals surface area contributed by atoms with Crippen molar-refractivity contribution in [3.8, 4) is 0 Å². The molecule has 1 aromatic rings. The Labute approximate surface area is 153 Å². The monoisotopic (exact) mass is 380 g/mol. The van der Waals surface area contributed by atoms with Gasteiger partial charge < -0.3 is 10.4 Å². The van der Waals surface area contributed by atoms with Gasteiger partial charge in [0.1, 0.15) is 0 Å². The normalized spacial score (nSPS) is 23.2. The highest BCUT2D eigenvalue weighted by Gasteiger charge is 2.42. The van der Waals surface area contributed by atoms with E-state index in [1.165, 1.54) is 30.3 Å². The van der Waals surface area contributed by atoms with E-state index in [2.05, 4.69) is 16.6 Å². The summed E-state index contributed by atoms with van der Waals surface area (Å²) in [6, 6.07) is 5.52. The molecule has 2 rings (SSSR count). The van der Waals surface area contributed by atoms with Crippen molar-refractivity contribution >= 4 is 21.9 Å². The lowest BCUT2D eigenvalue weighted by Crippen LogP contribution is -2.55. The number of aliphatic carboxylic acids is 1. The number of hydrogen-bond acceptors (Lipinski definition) is 4. The molecule has 0 spiro atoms. The molecule has 1 aliphatic carbocycles. The third kappa shape index (κ3) is 4.50. The average molecular weight is 380 g/mol. The number of carboxylic acids is 1. The summed E-state index contributed by atoms with van der Waals surface area (Å²) in [5, 5.41) is 12.3. The van der Waals surface area contributed by atoms with Gasteiger partial charge in [-0.3, -0.25) is 9.59 Å². The second-order valence-corrected chi connectivity index (χ2v) is 8.44. The number of carboxylic acid groups (broad SMARTS) is 1. The van der Waals surface area contributed by atoms with Crippen LogP contribution in [-0.4, -0.2) is 37.5 Å². The molecule has 0 aliphatic heterocycles. The first-order chi connectivity index (χ1) is 12.2. The Morgan fingerprint density at radius 3 is 2.54 bits per heavy atom. The van der Waals surface area contributed by atoms with Crippen LogP contribution in [0, 0.1) is 5.92 Å². The van der Waals surface area contributed by atoms with Crippen LogP contribution >= 0.6 is 0 Å².